The van der Waals surface area contributed by atoms with Crippen LogP contribution in [0.25, 0.3) is 0 Å². The van der Waals surface area contributed by atoms with E-state index in [4.69, 9.17) is 5.26 Å². The van der Waals surface area contributed by atoms with Crippen molar-refractivity contribution in [3.63, 3.8) is 0 Å². The molecule has 1 aromatic heterocycles. The Morgan fingerprint density at radius 3 is 2.76 bits per heavy atom. The van der Waals surface area contributed by atoms with E-state index in [9.17, 15) is 9.59 Å². The maximum absolute atomic E-state index is 13.2. The Morgan fingerprint density at radius 1 is 1.09 bits per heavy atom. The van der Waals surface area contributed by atoms with Crippen LogP contribution in [0.2, 0.25) is 0 Å². The number of nitrogens with zero attached hydrogens (tertiary/aromatic N) is 3. The van der Waals surface area contributed by atoms with Crippen molar-refractivity contribution in [3.8, 4) is 6.07 Å². The van der Waals surface area contributed by atoms with E-state index in [0.29, 0.717) is 49.4 Å². The molecule has 0 unspecified atom stereocenters. The standard InChI is InChI=1S/C26H31N5O2/c27-13-18-5-4-6-19(11-18)14-28-23-9-10-24-21-12-20(16-31(24)25(23)32)15-30(17-21)26(33)29-22-7-2-1-3-8-22/h4-6,9-11,20-22,28H,1-3,7-8,12,14-17H2,(H,29,33)/t20-,21+/m0/s1. The lowest BCUT2D eigenvalue weighted by Crippen LogP contribution is -2.53. The highest BCUT2D eigenvalue weighted by molar-refractivity contribution is 5.74. The molecule has 7 heteroatoms. The van der Waals surface area contributed by atoms with E-state index >= 15 is 0 Å². The Bertz CT molecular complexity index is 1130. The second-order valence-electron chi connectivity index (χ2n) is 9.74. The molecular formula is C26H31N5O2. The van der Waals surface area contributed by atoms with Gasteiger partial charge in [-0.25, -0.2) is 4.79 Å². The van der Waals surface area contributed by atoms with Crippen LogP contribution in [-0.2, 0) is 13.1 Å². The third kappa shape index (κ3) is 4.61. The molecule has 2 amide bonds. The zero-order chi connectivity index (χ0) is 22.8. The number of rotatable bonds is 4. The van der Waals surface area contributed by atoms with E-state index in [2.05, 4.69) is 16.7 Å². The molecule has 2 fully saturated rings. The summed E-state index contributed by atoms with van der Waals surface area (Å²) in [5.41, 5.74) is 3.18. The fraction of sp³-hybridized carbons (Fsp3) is 0.500. The summed E-state index contributed by atoms with van der Waals surface area (Å²) in [6.07, 6.45) is 6.87. The summed E-state index contributed by atoms with van der Waals surface area (Å²) in [7, 11) is 0. The summed E-state index contributed by atoms with van der Waals surface area (Å²) in [5, 5.41) is 15.6. The summed E-state index contributed by atoms with van der Waals surface area (Å²) in [6, 6.07) is 13.8. The van der Waals surface area contributed by atoms with E-state index in [-0.39, 0.29) is 17.5 Å². The van der Waals surface area contributed by atoms with Gasteiger partial charge >= 0.3 is 6.03 Å². The van der Waals surface area contributed by atoms with Gasteiger partial charge in [-0.15, -0.1) is 0 Å². The largest absolute Gasteiger partial charge is 0.377 e. The predicted octanol–water partition coefficient (Wildman–Crippen LogP) is 3.79. The molecule has 3 aliphatic rings. The first-order valence-electron chi connectivity index (χ1n) is 12.1. The van der Waals surface area contributed by atoms with Crippen LogP contribution in [-0.4, -0.2) is 34.6 Å². The minimum Gasteiger partial charge on any atom is -0.377 e. The Morgan fingerprint density at radius 2 is 1.94 bits per heavy atom. The molecule has 2 bridgehead atoms. The number of piperidine rings is 1. The molecule has 1 aliphatic carbocycles. The van der Waals surface area contributed by atoms with Gasteiger partial charge in [0.05, 0.1) is 11.6 Å². The third-order valence-electron chi connectivity index (χ3n) is 7.36. The fourth-order valence-electron chi connectivity index (χ4n) is 5.71. The van der Waals surface area contributed by atoms with Crippen molar-refractivity contribution in [2.24, 2.45) is 5.92 Å². The van der Waals surface area contributed by atoms with Gasteiger partial charge < -0.3 is 20.1 Å². The molecule has 7 nitrogen and oxygen atoms in total. The quantitative estimate of drug-likeness (QED) is 0.749. The molecule has 33 heavy (non-hydrogen) atoms. The van der Waals surface area contributed by atoms with E-state index < -0.39 is 0 Å². The number of carbonyl (C=O) groups is 1. The molecule has 2 N–H and O–H groups in total. The third-order valence-corrected chi connectivity index (χ3v) is 7.36. The van der Waals surface area contributed by atoms with Crippen molar-refractivity contribution in [2.75, 3.05) is 18.4 Å². The van der Waals surface area contributed by atoms with Crippen LogP contribution in [0.3, 0.4) is 0 Å². The Hall–Kier alpha value is -3.27. The van der Waals surface area contributed by atoms with Crippen LogP contribution in [0, 0.1) is 17.2 Å². The number of carbonyl (C=O) groups excluding carboxylic acids is 1. The maximum atomic E-state index is 13.2. The summed E-state index contributed by atoms with van der Waals surface area (Å²) in [6.45, 7) is 2.52. The van der Waals surface area contributed by atoms with Crippen LogP contribution in [0.5, 0.6) is 0 Å². The van der Waals surface area contributed by atoms with Gasteiger partial charge in [0.1, 0.15) is 5.69 Å². The molecule has 2 aliphatic heterocycles. The van der Waals surface area contributed by atoms with Crippen molar-refractivity contribution >= 4 is 11.7 Å². The van der Waals surface area contributed by atoms with Gasteiger partial charge in [0.2, 0.25) is 0 Å². The molecule has 1 aromatic carbocycles. The number of nitrogens with one attached hydrogen (secondary N) is 2. The molecule has 3 heterocycles. The fourth-order valence-corrected chi connectivity index (χ4v) is 5.71. The lowest BCUT2D eigenvalue weighted by atomic mass is 9.83. The molecule has 1 saturated carbocycles. The van der Waals surface area contributed by atoms with E-state index in [1.54, 1.807) is 6.07 Å². The number of hydrogen-bond donors (Lipinski definition) is 2. The average molecular weight is 446 g/mol. The Kier molecular flexibility index (Phi) is 6.08. The first-order chi connectivity index (χ1) is 16.1. The van der Waals surface area contributed by atoms with Gasteiger partial charge in [0, 0.05) is 43.8 Å². The molecule has 0 spiro atoms. The minimum atomic E-state index is -0.00116. The molecule has 1 saturated heterocycles. The topological polar surface area (TPSA) is 90.2 Å². The summed E-state index contributed by atoms with van der Waals surface area (Å²) in [5.74, 6) is 0.497. The Labute approximate surface area is 194 Å². The average Bonchev–Trinajstić information content (AvgIpc) is 2.84. The van der Waals surface area contributed by atoms with Gasteiger partial charge in [0.25, 0.3) is 5.56 Å². The van der Waals surface area contributed by atoms with Crippen molar-refractivity contribution in [2.45, 2.75) is 63.6 Å². The number of urea groups is 1. The number of nitriles is 1. The highest BCUT2D eigenvalue weighted by Gasteiger charge is 2.37. The highest BCUT2D eigenvalue weighted by Crippen LogP contribution is 2.35. The SMILES string of the molecule is N#Cc1cccc(CNc2ccc3n(c2=O)C[C@H]2C[C@@H]3CN(C(=O)NC3CCCCC3)C2)c1. The number of fused-ring (bicyclic) bond motifs is 4. The monoisotopic (exact) mass is 445 g/mol. The second-order valence-corrected chi connectivity index (χ2v) is 9.74. The number of hydrogen-bond acceptors (Lipinski definition) is 4. The molecule has 0 radical (unpaired) electrons. The molecule has 2 aromatic rings. The first kappa shape index (κ1) is 21.6. The number of benzene rings is 1. The number of pyridine rings is 1. The summed E-state index contributed by atoms with van der Waals surface area (Å²) in [4.78, 5) is 28.1. The predicted molar refractivity (Wildman–Crippen MR) is 127 cm³/mol. The molecule has 5 rings (SSSR count). The van der Waals surface area contributed by atoms with Crippen molar-refractivity contribution in [3.05, 3.63) is 63.6 Å². The van der Waals surface area contributed by atoms with Crippen LogP contribution >= 0.6 is 0 Å². The van der Waals surface area contributed by atoms with Crippen molar-refractivity contribution in [1.82, 2.24) is 14.8 Å². The minimum absolute atomic E-state index is 0.00116. The van der Waals surface area contributed by atoms with Crippen LogP contribution in [0.4, 0.5) is 10.5 Å². The van der Waals surface area contributed by atoms with E-state index in [1.807, 2.05) is 39.8 Å². The van der Waals surface area contributed by atoms with E-state index in [1.165, 1.54) is 19.3 Å². The maximum Gasteiger partial charge on any atom is 0.317 e. The normalized spacial score (nSPS) is 22.2. The number of anilines is 1. The lowest BCUT2D eigenvalue weighted by molar-refractivity contribution is 0.127. The number of likely N-dealkylation sites (tertiary alicyclic amines) is 1. The molecule has 172 valence electrons. The zero-order valence-electron chi connectivity index (χ0n) is 18.9. The molecular weight excluding hydrogens is 414 g/mol. The first-order valence-corrected chi connectivity index (χ1v) is 12.1. The van der Waals surface area contributed by atoms with Crippen LogP contribution < -0.4 is 16.2 Å². The smallest absolute Gasteiger partial charge is 0.317 e. The zero-order valence-corrected chi connectivity index (χ0v) is 18.9. The Balaban J connectivity index is 1.27. The summed E-state index contributed by atoms with van der Waals surface area (Å²) >= 11 is 0. The van der Waals surface area contributed by atoms with Crippen LogP contribution in [0.1, 0.15) is 61.3 Å². The van der Waals surface area contributed by atoms with E-state index in [0.717, 1.165) is 30.5 Å². The number of amides is 2. The summed E-state index contributed by atoms with van der Waals surface area (Å²) < 4.78 is 1.91. The van der Waals surface area contributed by atoms with Crippen molar-refractivity contribution < 1.29 is 4.79 Å². The molecule has 2 atom stereocenters. The van der Waals surface area contributed by atoms with Gasteiger partial charge in [-0.2, -0.15) is 5.26 Å². The number of aromatic nitrogens is 1. The van der Waals surface area contributed by atoms with Gasteiger partial charge in [0.15, 0.2) is 0 Å². The second kappa shape index (κ2) is 9.30. The van der Waals surface area contributed by atoms with Gasteiger partial charge in [-0.05, 0) is 55.0 Å². The van der Waals surface area contributed by atoms with Gasteiger partial charge in [-0.3, -0.25) is 4.79 Å². The van der Waals surface area contributed by atoms with Crippen molar-refractivity contribution in [1.29, 1.82) is 5.26 Å². The van der Waals surface area contributed by atoms with Gasteiger partial charge in [-0.1, -0.05) is 31.4 Å². The lowest BCUT2D eigenvalue weighted by Gasteiger charge is -2.43. The van der Waals surface area contributed by atoms with Crippen LogP contribution in [0.15, 0.2) is 41.2 Å². The highest BCUT2D eigenvalue weighted by atomic mass is 16.2.